The van der Waals surface area contributed by atoms with Gasteiger partial charge in [-0.2, -0.15) is 5.10 Å². The molecule has 2 heterocycles. The molecule has 0 bridgehead atoms. The zero-order valence-electron chi connectivity index (χ0n) is 14.8. The van der Waals surface area contributed by atoms with Crippen LogP contribution in [0.25, 0.3) is 5.69 Å². The van der Waals surface area contributed by atoms with Crippen LogP contribution in [-0.2, 0) is 6.42 Å². The van der Waals surface area contributed by atoms with E-state index < -0.39 is 0 Å². The number of hydrogen-bond acceptors (Lipinski definition) is 3. The van der Waals surface area contributed by atoms with Gasteiger partial charge >= 0.3 is 5.69 Å². The van der Waals surface area contributed by atoms with E-state index in [0.29, 0.717) is 0 Å². The van der Waals surface area contributed by atoms with Gasteiger partial charge in [0.25, 0.3) is 0 Å². The number of likely N-dealkylation sites (tertiary alicyclic amines) is 1. The van der Waals surface area contributed by atoms with Crippen LogP contribution in [0, 0.1) is 0 Å². The van der Waals surface area contributed by atoms with Crippen molar-refractivity contribution in [3.8, 4) is 5.69 Å². The fourth-order valence-electron chi connectivity index (χ4n) is 3.81. The lowest BCUT2D eigenvalue weighted by Gasteiger charge is -2.32. The highest BCUT2D eigenvalue weighted by atomic mass is 16.1. The van der Waals surface area contributed by atoms with Crippen LogP contribution in [-0.4, -0.2) is 39.3 Å². The van der Waals surface area contributed by atoms with Gasteiger partial charge in [0.05, 0.1) is 5.69 Å². The number of benzene rings is 2. The van der Waals surface area contributed by atoms with E-state index in [4.69, 9.17) is 0 Å². The lowest BCUT2D eigenvalue weighted by Crippen LogP contribution is -2.37. The molecule has 0 saturated carbocycles. The van der Waals surface area contributed by atoms with Gasteiger partial charge in [-0.25, -0.2) is 14.5 Å². The Hall–Kier alpha value is -2.66. The van der Waals surface area contributed by atoms with Crippen LogP contribution in [0.5, 0.6) is 0 Å². The Morgan fingerprint density at radius 3 is 2.54 bits per heavy atom. The van der Waals surface area contributed by atoms with Crippen molar-refractivity contribution in [3.05, 3.63) is 82.5 Å². The molecule has 1 saturated heterocycles. The Balaban J connectivity index is 1.49. The monoisotopic (exact) mass is 348 g/mol. The Labute approximate surface area is 153 Å². The predicted molar refractivity (Wildman–Crippen MR) is 103 cm³/mol. The topological polar surface area (TPSA) is 53.9 Å². The summed E-state index contributed by atoms with van der Waals surface area (Å²) in [7, 11) is 0. The third kappa shape index (κ3) is 3.63. The van der Waals surface area contributed by atoms with Gasteiger partial charge < -0.3 is 4.90 Å². The Bertz CT molecular complexity index is 885. The van der Waals surface area contributed by atoms with Crippen molar-refractivity contribution < 1.29 is 0 Å². The molecule has 0 spiro atoms. The lowest BCUT2D eigenvalue weighted by atomic mass is 9.96. The molecule has 1 atom stereocenters. The number of aromatic nitrogens is 3. The first kappa shape index (κ1) is 16.8. The predicted octanol–water partition coefficient (Wildman–Crippen LogP) is 2.98. The smallest absolute Gasteiger partial charge is 0.302 e. The lowest BCUT2D eigenvalue weighted by molar-refractivity contribution is 0.205. The quantitative estimate of drug-likeness (QED) is 0.771. The first-order chi connectivity index (χ1) is 12.8. The number of para-hydroxylation sites is 1. The van der Waals surface area contributed by atoms with E-state index in [9.17, 15) is 4.79 Å². The van der Waals surface area contributed by atoms with Crippen molar-refractivity contribution in [1.82, 2.24) is 19.7 Å². The van der Waals surface area contributed by atoms with E-state index in [2.05, 4.69) is 45.4 Å². The van der Waals surface area contributed by atoms with Crippen LogP contribution in [0.15, 0.2) is 65.5 Å². The van der Waals surface area contributed by atoms with Gasteiger partial charge in [0.15, 0.2) is 0 Å². The molecule has 1 aliphatic rings. The van der Waals surface area contributed by atoms with Gasteiger partial charge in [-0.3, -0.25) is 0 Å². The second-order valence-electron chi connectivity index (χ2n) is 6.93. The molecular formula is C21H24N4O. The second-order valence-corrected chi connectivity index (χ2v) is 6.93. The minimum absolute atomic E-state index is 0.160. The van der Waals surface area contributed by atoms with Crippen LogP contribution in [0.2, 0.25) is 0 Å². The summed E-state index contributed by atoms with van der Waals surface area (Å²) in [5, 5.41) is 7.01. The summed E-state index contributed by atoms with van der Waals surface area (Å²) in [6, 6.07) is 20.4. The van der Waals surface area contributed by atoms with Gasteiger partial charge in [0.1, 0.15) is 5.82 Å². The fourth-order valence-corrected chi connectivity index (χ4v) is 3.81. The van der Waals surface area contributed by atoms with E-state index >= 15 is 0 Å². The molecule has 0 radical (unpaired) electrons. The number of nitrogens with one attached hydrogen (secondary N) is 1. The summed E-state index contributed by atoms with van der Waals surface area (Å²) in [6.45, 7) is 3.10. The highest BCUT2D eigenvalue weighted by molar-refractivity contribution is 5.32. The Morgan fingerprint density at radius 2 is 1.77 bits per heavy atom. The fraction of sp³-hybridized carbons (Fsp3) is 0.333. The molecule has 0 aliphatic carbocycles. The van der Waals surface area contributed by atoms with E-state index in [0.717, 1.165) is 50.4 Å². The number of nitrogens with zero attached hydrogens (tertiary/aromatic N) is 3. The Kier molecular flexibility index (Phi) is 4.97. The summed E-state index contributed by atoms with van der Waals surface area (Å²) in [4.78, 5) is 14.8. The van der Waals surface area contributed by atoms with Gasteiger partial charge in [-0.05, 0) is 43.5 Å². The number of H-pyrrole nitrogens is 1. The molecule has 134 valence electrons. The second kappa shape index (κ2) is 7.70. The van der Waals surface area contributed by atoms with Crippen molar-refractivity contribution in [2.75, 3.05) is 19.6 Å². The molecular weight excluding hydrogens is 324 g/mol. The minimum atomic E-state index is -0.160. The van der Waals surface area contributed by atoms with Crippen LogP contribution < -0.4 is 5.69 Å². The molecule has 1 fully saturated rings. The first-order valence-corrected chi connectivity index (χ1v) is 9.30. The van der Waals surface area contributed by atoms with Gasteiger partial charge in [0, 0.05) is 19.0 Å². The van der Waals surface area contributed by atoms with Crippen molar-refractivity contribution in [2.45, 2.75) is 25.2 Å². The maximum atomic E-state index is 12.3. The maximum absolute atomic E-state index is 12.3. The molecule has 2 aromatic carbocycles. The molecule has 1 aliphatic heterocycles. The van der Waals surface area contributed by atoms with E-state index in [1.807, 2.05) is 30.3 Å². The maximum Gasteiger partial charge on any atom is 0.347 e. The molecule has 5 nitrogen and oxygen atoms in total. The first-order valence-electron chi connectivity index (χ1n) is 9.30. The largest absolute Gasteiger partial charge is 0.347 e. The molecule has 26 heavy (non-hydrogen) atoms. The van der Waals surface area contributed by atoms with Crippen molar-refractivity contribution >= 4 is 0 Å². The van der Waals surface area contributed by atoms with Crippen LogP contribution in [0.1, 0.15) is 30.1 Å². The third-order valence-electron chi connectivity index (χ3n) is 5.14. The van der Waals surface area contributed by atoms with Crippen molar-refractivity contribution in [2.24, 2.45) is 0 Å². The third-order valence-corrected chi connectivity index (χ3v) is 5.14. The average Bonchev–Trinajstić information content (AvgIpc) is 3.09. The number of piperidine rings is 1. The molecule has 3 aromatic rings. The standard InChI is InChI=1S/C21H24N4O/c26-21-23-22-20(25(21)19-11-5-2-6-12-19)18-10-7-14-24(16-18)15-13-17-8-3-1-4-9-17/h1-6,8-9,11-12,18H,7,10,13-16H2,(H,23,26)/t18-/m0/s1. The minimum Gasteiger partial charge on any atom is -0.302 e. The van der Waals surface area contributed by atoms with E-state index in [-0.39, 0.29) is 11.6 Å². The van der Waals surface area contributed by atoms with Gasteiger partial charge in [-0.15, -0.1) is 0 Å². The van der Waals surface area contributed by atoms with Crippen LogP contribution >= 0.6 is 0 Å². The zero-order chi connectivity index (χ0) is 17.8. The highest BCUT2D eigenvalue weighted by Gasteiger charge is 2.26. The number of rotatable bonds is 5. The summed E-state index contributed by atoms with van der Waals surface area (Å²) in [5.41, 5.74) is 2.09. The molecule has 0 unspecified atom stereocenters. The van der Waals surface area contributed by atoms with Gasteiger partial charge in [-0.1, -0.05) is 48.5 Å². The summed E-state index contributed by atoms with van der Waals surface area (Å²) in [5.74, 6) is 1.13. The number of hydrogen-bond donors (Lipinski definition) is 1. The molecule has 1 N–H and O–H groups in total. The summed E-state index contributed by atoms with van der Waals surface area (Å²) < 4.78 is 1.73. The van der Waals surface area contributed by atoms with Crippen LogP contribution in [0.3, 0.4) is 0 Å². The van der Waals surface area contributed by atoms with E-state index in [1.54, 1.807) is 4.57 Å². The van der Waals surface area contributed by atoms with Crippen molar-refractivity contribution in [1.29, 1.82) is 0 Å². The molecule has 5 heteroatoms. The van der Waals surface area contributed by atoms with Crippen molar-refractivity contribution in [3.63, 3.8) is 0 Å². The zero-order valence-corrected chi connectivity index (χ0v) is 14.8. The molecule has 0 amide bonds. The highest BCUT2D eigenvalue weighted by Crippen LogP contribution is 2.26. The molecule has 4 rings (SSSR count). The summed E-state index contributed by atoms with van der Waals surface area (Å²) in [6.07, 6.45) is 3.26. The van der Waals surface area contributed by atoms with E-state index in [1.165, 1.54) is 5.56 Å². The summed E-state index contributed by atoms with van der Waals surface area (Å²) >= 11 is 0. The SMILES string of the molecule is O=c1[nH]nc([C@H]2CCCN(CCc3ccccc3)C2)n1-c1ccccc1. The normalized spacial score (nSPS) is 18.1. The van der Waals surface area contributed by atoms with Crippen LogP contribution in [0.4, 0.5) is 0 Å². The molecule has 1 aromatic heterocycles. The average molecular weight is 348 g/mol. The van der Waals surface area contributed by atoms with Gasteiger partial charge in [0.2, 0.25) is 0 Å². The Morgan fingerprint density at radius 1 is 1.04 bits per heavy atom. The number of aromatic amines is 1.